The SMILES string of the molecule is CC(C)[C@@H]1C[C@@H]([C@H](CC2CCCCC2)N=[N+]=[N-])OC1=O. The summed E-state index contributed by atoms with van der Waals surface area (Å²) in [5.74, 6) is 0.750. The van der Waals surface area contributed by atoms with Crippen LogP contribution in [0.15, 0.2) is 5.11 Å². The van der Waals surface area contributed by atoms with Gasteiger partial charge in [-0.15, -0.1) is 0 Å². The highest BCUT2D eigenvalue weighted by Crippen LogP contribution is 2.35. The fourth-order valence-electron chi connectivity index (χ4n) is 3.52. The predicted molar refractivity (Wildman–Crippen MR) is 77.0 cm³/mol. The Morgan fingerprint density at radius 1 is 1.35 bits per heavy atom. The Morgan fingerprint density at radius 3 is 2.60 bits per heavy atom. The zero-order valence-electron chi connectivity index (χ0n) is 12.5. The number of azide groups is 1. The van der Waals surface area contributed by atoms with Crippen LogP contribution in [-0.4, -0.2) is 18.1 Å². The topological polar surface area (TPSA) is 75.1 Å². The largest absolute Gasteiger partial charge is 0.462 e. The lowest BCUT2D eigenvalue weighted by atomic mass is 9.82. The number of carbonyl (C=O) groups is 1. The van der Waals surface area contributed by atoms with Crippen molar-refractivity contribution in [2.75, 3.05) is 0 Å². The van der Waals surface area contributed by atoms with E-state index in [4.69, 9.17) is 10.3 Å². The van der Waals surface area contributed by atoms with Gasteiger partial charge in [-0.3, -0.25) is 4.79 Å². The molecule has 0 aromatic rings. The van der Waals surface area contributed by atoms with Crippen molar-refractivity contribution >= 4 is 5.97 Å². The van der Waals surface area contributed by atoms with Crippen LogP contribution in [0.5, 0.6) is 0 Å². The smallest absolute Gasteiger partial charge is 0.309 e. The monoisotopic (exact) mass is 279 g/mol. The molecule has 20 heavy (non-hydrogen) atoms. The van der Waals surface area contributed by atoms with Crippen LogP contribution in [-0.2, 0) is 9.53 Å². The predicted octanol–water partition coefficient (Wildman–Crippen LogP) is 4.22. The molecule has 1 heterocycles. The van der Waals surface area contributed by atoms with Crippen molar-refractivity contribution in [2.45, 2.75) is 70.9 Å². The Labute approximate surface area is 120 Å². The van der Waals surface area contributed by atoms with Crippen molar-refractivity contribution < 1.29 is 9.53 Å². The van der Waals surface area contributed by atoms with Crippen LogP contribution >= 0.6 is 0 Å². The van der Waals surface area contributed by atoms with Crippen molar-refractivity contribution in [1.82, 2.24) is 0 Å². The molecule has 0 bridgehead atoms. The summed E-state index contributed by atoms with van der Waals surface area (Å²) in [6.07, 6.45) is 7.64. The number of cyclic esters (lactones) is 1. The van der Waals surface area contributed by atoms with Crippen LogP contribution in [0, 0.1) is 17.8 Å². The zero-order chi connectivity index (χ0) is 14.5. The Hall–Kier alpha value is -1.22. The third kappa shape index (κ3) is 3.66. The molecule has 1 aliphatic heterocycles. The minimum absolute atomic E-state index is 0.0391. The molecule has 2 rings (SSSR count). The standard InChI is InChI=1S/C15H25N3O2/c1-10(2)12-9-14(20-15(12)19)13(17-18-16)8-11-6-4-3-5-7-11/h10-14H,3-9H2,1-2H3/t12-,13-,14-/m0/s1. The van der Waals surface area contributed by atoms with Gasteiger partial charge in [0.2, 0.25) is 0 Å². The zero-order valence-corrected chi connectivity index (χ0v) is 12.5. The lowest BCUT2D eigenvalue weighted by molar-refractivity contribution is -0.145. The van der Waals surface area contributed by atoms with Gasteiger partial charge >= 0.3 is 5.97 Å². The van der Waals surface area contributed by atoms with Gasteiger partial charge in [0.1, 0.15) is 6.10 Å². The lowest BCUT2D eigenvalue weighted by Crippen LogP contribution is -2.27. The maximum atomic E-state index is 11.9. The van der Waals surface area contributed by atoms with Gasteiger partial charge in [0.25, 0.3) is 0 Å². The van der Waals surface area contributed by atoms with Crippen LogP contribution in [0.2, 0.25) is 0 Å². The van der Waals surface area contributed by atoms with E-state index >= 15 is 0 Å². The van der Waals surface area contributed by atoms with Gasteiger partial charge < -0.3 is 4.74 Å². The number of ether oxygens (including phenoxy) is 1. The molecule has 1 saturated heterocycles. The van der Waals surface area contributed by atoms with Gasteiger partial charge in [0.05, 0.1) is 12.0 Å². The average molecular weight is 279 g/mol. The van der Waals surface area contributed by atoms with Crippen LogP contribution in [0.3, 0.4) is 0 Å². The van der Waals surface area contributed by atoms with Crippen molar-refractivity contribution in [2.24, 2.45) is 22.9 Å². The summed E-state index contributed by atoms with van der Waals surface area (Å²) in [4.78, 5) is 14.8. The van der Waals surface area contributed by atoms with E-state index in [-0.39, 0.29) is 30.0 Å². The van der Waals surface area contributed by atoms with Crippen LogP contribution < -0.4 is 0 Å². The summed E-state index contributed by atoms with van der Waals surface area (Å²) in [6, 6.07) is -0.184. The van der Waals surface area contributed by atoms with Crippen molar-refractivity contribution in [3.05, 3.63) is 10.4 Å². The van der Waals surface area contributed by atoms with E-state index in [0.717, 1.165) is 6.42 Å². The van der Waals surface area contributed by atoms with Gasteiger partial charge in [-0.2, -0.15) is 0 Å². The number of rotatable bonds is 5. The van der Waals surface area contributed by atoms with Gasteiger partial charge in [0, 0.05) is 4.91 Å². The van der Waals surface area contributed by atoms with E-state index in [2.05, 4.69) is 10.0 Å². The molecule has 1 saturated carbocycles. The molecule has 0 aromatic heterocycles. The summed E-state index contributed by atoms with van der Waals surface area (Å²) in [6.45, 7) is 4.08. The molecule has 5 heteroatoms. The first kappa shape index (κ1) is 15.2. The maximum Gasteiger partial charge on any atom is 0.309 e. The Balaban J connectivity index is 1.98. The van der Waals surface area contributed by atoms with Crippen molar-refractivity contribution in [3.8, 4) is 0 Å². The molecule has 0 amide bonds. The molecule has 5 nitrogen and oxygen atoms in total. The number of hydrogen-bond acceptors (Lipinski definition) is 3. The second-order valence-corrected chi connectivity index (χ2v) is 6.57. The highest BCUT2D eigenvalue weighted by atomic mass is 16.6. The van der Waals surface area contributed by atoms with Gasteiger partial charge in [-0.1, -0.05) is 51.1 Å². The molecule has 112 valence electrons. The summed E-state index contributed by atoms with van der Waals surface area (Å²) < 4.78 is 5.49. The molecule has 2 aliphatic rings. The van der Waals surface area contributed by atoms with Gasteiger partial charge in [-0.25, -0.2) is 0 Å². The Kier molecular flexibility index (Phi) is 5.30. The maximum absolute atomic E-state index is 11.9. The van der Waals surface area contributed by atoms with E-state index in [1.165, 1.54) is 32.1 Å². The van der Waals surface area contributed by atoms with Gasteiger partial charge in [0.15, 0.2) is 0 Å². The molecule has 0 radical (unpaired) electrons. The van der Waals surface area contributed by atoms with Gasteiger partial charge in [-0.05, 0) is 30.2 Å². The molecular weight excluding hydrogens is 254 g/mol. The second kappa shape index (κ2) is 6.98. The highest BCUT2D eigenvalue weighted by Gasteiger charge is 2.40. The van der Waals surface area contributed by atoms with Crippen molar-refractivity contribution in [1.29, 1.82) is 0 Å². The molecule has 3 atom stereocenters. The molecule has 2 fully saturated rings. The summed E-state index contributed by atoms with van der Waals surface area (Å²) in [5, 5.41) is 3.93. The first-order valence-corrected chi connectivity index (χ1v) is 7.86. The molecule has 0 N–H and O–H groups in total. The van der Waals surface area contributed by atoms with Crippen LogP contribution in [0.4, 0.5) is 0 Å². The van der Waals surface area contributed by atoms with Crippen LogP contribution in [0.1, 0.15) is 58.8 Å². The normalized spacial score (nSPS) is 29.1. The molecule has 0 spiro atoms. The number of hydrogen-bond donors (Lipinski definition) is 0. The molecule has 0 unspecified atom stereocenters. The first-order chi connectivity index (χ1) is 9.61. The highest BCUT2D eigenvalue weighted by molar-refractivity contribution is 5.75. The Bertz CT molecular complexity index is 385. The van der Waals surface area contributed by atoms with E-state index in [1.54, 1.807) is 0 Å². The molecule has 1 aliphatic carbocycles. The lowest BCUT2D eigenvalue weighted by Gasteiger charge is -2.26. The quantitative estimate of drug-likeness (QED) is 0.327. The van der Waals surface area contributed by atoms with E-state index < -0.39 is 0 Å². The third-order valence-corrected chi connectivity index (χ3v) is 4.79. The average Bonchev–Trinajstić information content (AvgIpc) is 2.82. The Morgan fingerprint density at radius 2 is 2.05 bits per heavy atom. The van der Waals surface area contributed by atoms with Crippen molar-refractivity contribution in [3.63, 3.8) is 0 Å². The third-order valence-electron chi connectivity index (χ3n) is 4.79. The fourth-order valence-corrected chi connectivity index (χ4v) is 3.52. The molecule has 0 aromatic carbocycles. The first-order valence-electron chi connectivity index (χ1n) is 7.86. The fraction of sp³-hybridized carbons (Fsp3) is 0.933. The second-order valence-electron chi connectivity index (χ2n) is 6.57. The van der Waals surface area contributed by atoms with E-state index in [9.17, 15) is 4.79 Å². The minimum atomic E-state index is -0.215. The minimum Gasteiger partial charge on any atom is -0.462 e. The number of nitrogens with zero attached hydrogens (tertiary/aromatic N) is 3. The summed E-state index contributed by atoms with van der Waals surface area (Å²) in [5.41, 5.74) is 8.79. The molecular formula is C15H25N3O2. The summed E-state index contributed by atoms with van der Waals surface area (Å²) in [7, 11) is 0. The van der Waals surface area contributed by atoms with E-state index in [0.29, 0.717) is 12.3 Å². The summed E-state index contributed by atoms with van der Waals surface area (Å²) >= 11 is 0. The van der Waals surface area contributed by atoms with E-state index in [1.807, 2.05) is 13.8 Å². The number of esters is 1. The number of carbonyl (C=O) groups excluding carboxylic acids is 1. The van der Waals surface area contributed by atoms with Crippen LogP contribution in [0.25, 0.3) is 10.4 Å².